The molecule has 0 amide bonds. The van der Waals surface area contributed by atoms with Crippen molar-refractivity contribution >= 4 is 5.78 Å². The lowest BCUT2D eigenvalue weighted by Gasteiger charge is -2.35. The predicted molar refractivity (Wildman–Crippen MR) is 77.8 cm³/mol. The minimum Gasteiger partial charge on any atom is -0.384 e. The van der Waals surface area contributed by atoms with E-state index in [0.717, 1.165) is 25.7 Å². The van der Waals surface area contributed by atoms with Gasteiger partial charge in [0.05, 0.1) is 12.0 Å². The molecule has 0 aromatic carbocycles. The van der Waals surface area contributed by atoms with Crippen LogP contribution in [0, 0.1) is 17.3 Å². The summed E-state index contributed by atoms with van der Waals surface area (Å²) < 4.78 is 5.39. The summed E-state index contributed by atoms with van der Waals surface area (Å²) in [7, 11) is 1.71. The maximum absolute atomic E-state index is 12.6. The second kappa shape index (κ2) is 8.68. The maximum atomic E-state index is 12.6. The van der Waals surface area contributed by atoms with Gasteiger partial charge < -0.3 is 4.74 Å². The van der Waals surface area contributed by atoms with Gasteiger partial charge in [-0.25, -0.2) is 0 Å². The highest BCUT2D eigenvalue weighted by Crippen LogP contribution is 2.36. The normalized spacial score (nSPS) is 12.4. The lowest BCUT2D eigenvalue weighted by Crippen LogP contribution is -2.38. The van der Waals surface area contributed by atoms with Crippen LogP contribution in [0.3, 0.4) is 0 Å². The number of carbonyl (C=O) groups excluding carboxylic acids is 1. The Morgan fingerprint density at radius 2 is 1.61 bits per heavy atom. The molecule has 0 spiro atoms. The summed E-state index contributed by atoms with van der Waals surface area (Å²) in [4.78, 5) is 12.6. The third kappa shape index (κ3) is 5.99. The van der Waals surface area contributed by atoms with Crippen molar-refractivity contribution in [3.05, 3.63) is 0 Å². The van der Waals surface area contributed by atoms with Crippen LogP contribution in [0.25, 0.3) is 0 Å². The second-order valence-corrected chi connectivity index (χ2v) is 6.44. The van der Waals surface area contributed by atoms with Crippen molar-refractivity contribution < 1.29 is 9.53 Å². The van der Waals surface area contributed by atoms with Crippen LogP contribution in [0.15, 0.2) is 0 Å². The fourth-order valence-corrected chi connectivity index (χ4v) is 2.95. The van der Waals surface area contributed by atoms with Crippen LogP contribution in [-0.2, 0) is 9.53 Å². The number of methoxy groups -OCH3 is 1. The SMILES string of the molecule is CCCCC(=O)C(COC)(CC(C)C)CC(C)C. The Labute approximate surface area is 113 Å². The topological polar surface area (TPSA) is 26.3 Å². The average molecular weight is 256 g/mol. The number of carbonyl (C=O) groups is 1. The average Bonchev–Trinajstić information content (AvgIpc) is 2.24. The minimum atomic E-state index is -0.258. The zero-order valence-corrected chi connectivity index (χ0v) is 13.2. The monoisotopic (exact) mass is 256 g/mol. The molecule has 0 heterocycles. The van der Waals surface area contributed by atoms with Gasteiger partial charge in [-0.3, -0.25) is 4.79 Å². The van der Waals surface area contributed by atoms with Gasteiger partial charge in [0.2, 0.25) is 0 Å². The van der Waals surface area contributed by atoms with Crippen LogP contribution in [0.1, 0.15) is 66.7 Å². The molecule has 0 aliphatic carbocycles. The first-order valence-corrected chi connectivity index (χ1v) is 7.40. The summed E-state index contributed by atoms with van der Waals surface area (Å²) >= 11 is 0. The lowest BCUT2D eigenvalue weighted by molar-refractivity contribution is -0.134. The Morgan fingerprint density at radius 1 is 1.11 bits per heavy atom. The third-order valence-corrected chi connectivity index (χ3v) is 3.37. The molecule has 0 atom stereocenters. The summed E-state index contributed by atoms with van der Waals surface area (Å²) in [6.45, 7) is 11.5. The van der Waals surface area contributed by atoms with E-state index in [1.807, 2.05) is 0 Å². The van der Waals surface area contributed by atoms with Crippen LogP contribution >= 0.6 is 0 Å². The van der Waals surface area contributed by atoms with Crippen molar-refractivity contribution in [2.24, 2.45) is 17.3 Å². The van der Waals surface area contributed by atoms with Crippen molar-refractivity contribution in [2.45, 2.75) is 66.7 Å². The van der Waals surface area contributed by atoms with E-state index in [9.17, 15) is 4.79 Å². The Hall–Kier alpha value is -0.370. The van der Waals surface area contributed by atoms with E-state index < -0.39 is 0 Å². The van der Waals surface area contributed by atoms with Crippen LogP contribution in [0.5, 0.6) is 0 Å². The zero-order chi connectivity index (χ0) is 14.2. The van der Waals surface area contributed by atoms with E-state index in [0.29, 0.717) is 30.6 Å². The molecule has 0 fully saturated rings. The fraction of sp³-hybridized carbons (Fsp3) is 0.938. The zero-order valence-electron chi connectivity index (χ0n) is 13.2. The highest BCUT2D eigenvalue weighted by atomic mass is 16.5. The van der Waals surface area contributed by atoms with E-state index in [-0.39, 0.29) is 5.41 Å². The van der Waals surface area contributed by atoms with Crippen molar-refractivity contribution in [3.63, 3.8) is 0 Å². The van der Waals surface area contributed by atoms with Gasteiger partial charge in [0.15, 0.2) is 0 Å². The second-order valence-electron chi connectivity index (χ2n) is 6.44. The number of hydrogen-bond acceptors (Lipinski definition) is 2. The van der Waals surface area contributed by atoms with Crippen molar-refractivity contribution in [1.29, 1.82) is 0 Å². The van der Waals surface area contributed by atoms with Crippen molar-refractivity contribution in [2.75, 3.05) is 13.7 Å². The highest BCUT2D eigenvalue weighted by molar-refractivity contribution is 5.85. The molecule has 2 heteroatoms. The van der Waals surface area contributed by atoms with Crippen LogP contribution in [0.2, 0.25) is 0 Å². The van der Waals surface area contributed by atoms with Crippen LogP contribution in [-0.4, -0.2) is 19.5 Å². The fourth-order valence-electron chi connectivity index (χ4n) is 2.95. The molecule has 0 aliphatic heterocycles. The Kier molecular flexibility index (Phi) is 8.51. The largest absolute Gasteiger partial charge is 0.384 e. The smallest absolute Gasteiger partial charge is 0.141 e. The molecule has 108 valence electrons. The molecule has 2 nitrogen and oxygen atoms in total. The molecule has 0 saturated carbocycles. The van der Waals surface area contributed by atoms with Gasteiger partial charge in [-0.1, -0.05) is 41.0 Å². The molecule has 18 heavy (non-hydrogen) atoms. The number of Topliss-reactive ketones (excluding diaryl/α,β-unsaturated/α-hetero) is 1. The molecule has 0 saturated heterocycles. The molecule has 0 aliphatic rings. The van der Waals surface area contributed by atoms with Crippen molar-refractivity contribution in [1.82, 2.24) is 0 Å². The first kappa shape index (κ1) is 17.6. The van der Waals surface area contributed by atoms with Gasteiger partial charge in [-0.15, -0.1) is 0 Å². The quantitative estimate of drug-likeness (QED) is 0.576. The number of hydrogen-bond donors (Lipinski definition) is 0. The molecule has 0 aromatic heterocycles. The standard InChI is InChI=1S/C16H32O2/c1-7-8-9-15(17)16(12-18-6,10-13(2)3)11-14(4)5/h13-14H,7-12H2,1-6H3. The molecular weight excluding hydrogens is 224 g/mol. The molecule has 0 radical (unpaired) electrons. The first-order chi connectivity index (χ1) is 8.38. The number of ketones is 1. The summed E-state index contributed by atoms with van der Waals surface area (Å²) in [6, 6.07) is 0. The Bertz CT molecular complexity index is 221. The summed E-state index contributed by atoms with van der Waals surface area (Å²) in [5, 5.41) is 0. The van der Waals surface area contributed by atoms with E-state index in [1.165, 1.54) is 0 Å². The van der Waals surface area contributed by atoms with E-state index >= 15 is 0 Å². The summed E-state index contributed by atoms with van der Waals surface area (Å²) in [5.74, 6) is 1.47. The van der Waals surface area contributed by atoms with Gasteiger partial charge in [-0.2, -0.15) is 0 Å². The van der Waals surface area contributed by atoms with Crippen LogP contribution < -0.4 is 0 Å². The first-order valence-electron chi connectivity index (χ1n) is 7.40. The van der Waals surface area contributed by atoms with E-state index in [4.69, 9.17) is 4.74 Å². The van der Waals surface area contributed by atoms with Crippen molar-refractivity contribution in [3.8, 4) is 0 Å². The molecular formula is C16H32O2. The minimum absolute atomic E-state index is 0.258. The predicted octanol–water partition coefficient (Wildman–Crippen LogP) is 4.47. The third-order valence-electron chi connectivity index (χ3n) is 3.37. The van der Waals surface area contributed by atoms with E-state index in [1.54, 1.807) is 7.11 Å². The maximum Gasteiger partial charge on any atom is 0.141 e. The molecule has 0 N–H and O–H groups in total. The Morgan fingerprint density at radius 3 is 1.94 bits per heavy atom. The summed E-state index contributed by atoms with van der Waals surface area (Å²) in [5.41, 5.74) is -0.258. The van der Waals surface area contributed by atoms with E-state index in [2.05, 4.69) is 34.6 Å². The summed E-state index contributed by atoms with van der Waals surface area (Å²) in [6.07, 6.45) is 4.68. The molecule has 0 aromatic rings. The van der Waals surface area contributed by atoms with Gasteiger partial charge in [0.1, 0.15) is 5.78 Å². The molecule has 0 unspecified atom stereocenters. The van der Waals surface area contributed by atoms with Gasteiger partial charge in [0, 0.05) is 13.5 Å². The molecule has 0 rings (SSSR count). The van der Waals surface area contributed by atoms with Gasteiger partial charge >= 0.3 is 0 Å². The lowest BCUT2D eigenvalue weighted by atomic mass is 9.70. The number of rotatable bonds is 10. The van der Waals surface area contributed by atoms with Crippen LogP contribution in [0.4, 0.5) is 0 Å². The van der Waals surface area contributed by atoms with Gasteiger partial charge in [-0.05, 0) is 31.1 Å². The number of unbranched alkanes of at least 4 members (excludes halogenated alkanes) is 1. The molecule has 0 bridgehead atoms. The number of ether oxygens (including phenoxy) is 1. The van der Waals surface area contributed by atoms with Gasteiger partial charge in [0.25, 0.3) is 0 Å². The Balaban J connectivity index is 4.96. The highest BCUT2D eigenvalue weighted by Gasteiger charge is 2.38.